The summed E-state index contributed by atoms with van der Waals surface area (Å²) in [6.07, 6.45) is 0.999. The molecule has 0 unspecified atom stereocenters. The molecule has 7 nitrogen and oxygen atoms in total. The molecule has 0 atom stereocenters. The predicted octanol–water partition coefficient (Wildman–Crippen LogP) is 6.24. The maximum absolute atomic E-state index is 14.9. The smallest absolute Gasteiger partial charge is 0.415 e. The highest BCUT2D eigenvalue weighted by Gasteiger charge is 2.26. The van der Waals surface area contributed by atoms with Crippen molar-refractivity contribution in [3.8, 4) is 16.9 Å². The van der Waals surface area contributed by atoms with Gasteiger partial charge in [-0.1, -0.05) is 18.2 Å². The highest BCUT2D eigenvalue weighted by atomic mass is 19.1. The first kappa shape index (κ1) is 26.7. The number of aryl methyl sites for hydroxylation is 1. The summed E-state index contributed by atoms with van der Waals surface area (Å²) in [7, 11) is 2.86. The summed E-state index contributed by atoms with van der Waals surface area (Å²) >= 11 is 0. The number of ether oxygens (including phenoxy) is 3. The Balaban J connectivity index is 2.15. The van der Waals surface area contributed by atoms with Crippen LogP contribution in [0.4, 0.5) is 14.9 Å². The van der Waals surface area contributed by atoms with E-state index >= 15 is 0 Å². The normalized spacial score (nSPS) is 11.1. The molecule has 0 saturated carbocycles. The zero-order chi connectivity index (χ0) is 26.6. The van der Waals surface area contributed by atoms with E-state index < -0.39 is 23.5 Å². The molecule has 0 bridgehead atoms. The molecule has 36 heavy (non-hydrogen) atoms. The molecule has 8 heteroatoms. The Morgan fingerprint density at radius 1 is 1.06 bits per heavy atom. The van der Waals surface area contributed by atoms with Gasteiger partial charge >= 0.3 is 12.1 Å². The van der Waals surface area contributed by atoms with E-state index in [1.165, 1.54) is 24.1 Å². The first-order valence-corrected chi connectivity index (χ1v) is 11.4. The van der Waals surface area contributed by atoms with Gasteiger partial charge in [-0.05, 0) is 70.0 Å². The molecule has 190 valence electrons. The van der Waals surface area contributed by atoms with Crippen LogP contribution >= 0.6 is 0 Å². The first-order valence-electron chi connectivity index (χ1n) is 11.4. The van der Waals surface area contributed by atoms with Crippen molar-refractivity contribution in [2.24, 2.45) is 0 Å². The number of methoxy groups -OCH3 is 2. The molecule has 3 rings (SSSR count). The molecule has 0 fully saturated rings. The molecule has 0 spiro atoms. The van der Waals surface area contributed by atoms with E-state index in [4.69, 9.17) is 14.2 Å². The number of amides is 1. The van der Waals surface area contributed by atoms with Crippen molar-refractivity contribution in [3.05, 3.63) is 76.9 Å². The lowest BCUT2D eigenvalue weighted by atomic mass is 9.99. The second kappa shape index (κ2) is 10.8. The lowest BCUT2D eigenvalue weighted by molar-refractivity contribution is 0.0573. The molecule has 1 amide bonds. The third kappa shape index (κ3) is 6.00. The van der Waals surface area contributed by atoms with Crippen molar-refractivity contribution in [2.45, 2.75) is 46.8 Å². The number of aromatic nitrogens is 1. The number of hydrogen-bond donors (Lipinski definition) is 0. The first-order chi connectivity index (χ1) is 16.9. The van der Waals surface area contributed by atoms with E-state index in [9.17, 15) is 14.0 Å². The van der Waals surface area contributed by atoms with Gasteiger partial charge in [0.1, 0.15) is 17.2 Å². The van der Waals surface area contributed by atoms with Crippen LogP contribution in [0.3, 0.4) is 0 Å². The van der Waals surface area contributed by atoms with Gasteiger partial charge in [-0.15, -0.1) is 0 Å². The average Bonchev–Trinajstić information content (AvgIpc) is 2.81. The molecule has 2 aromatic carbocycles. The number of esters is 1. The summed E-state index contributed by atoms with van der Waals surface area (Å²) in [5, 5.41) is 0. The molecule has 1 heterocycles. The SMILES string of the molecule is COC(=O)c1ccccc1-c1cc(F)cc(N(Cc2ncc(C)c(OC)c2C)C(=O)OC(C)(C)C)c1. The molecule has 0 N–H and O–H groups in total. The third-order valence-electron chi connectivity index (χ3n) is 5.51. The zero-order valence-electron chi connectivity index (χ0n) is 21.6. The van der Waals surface area contributed by atoms with Crippen LogP contribution in [-0.2, 0) is 16.0 Å². The van der Waals surface area contributed by atoms with Gasteiger partial charge in [0.15, 0.2) is 0 Å². The van der Waals surface area contributed by atoms with Crippen molar-refractivity contribution >= 4 is 17.7 Å². The van der Waals surface area contributed by atoms with Gasteiger partial charge in [0.2, 0.25) is 0 Å². The molecule has 3 aromatic rings. The second-order valence-corrected chi connectivity index (χ2v) is 9.35. The minimum Gasteiger partial charge on any atom is -0.496 e. The van der Waals surface area contributed by atoms with E-state index in [0.29, 0.717) is 22.6 Å². The van der Waals surface area contributed by atoms with Gasteiger partial charge in [0.25, 0.3) is 0 Å². The van der Waals surface area contributed by atoms with E-state index in [0.717, 1.165) is 11.1 Å². The lowest BCUT2D eigenvalue weighted by Gasteiger charge is -2.28. The summed E-state index contributed by atoms with van der Waals surface area (Å²) in [6, 6.07) is 10.9. The van der Waals surface area contributed by atoms with Crippen LogP contribution in [0, 0.1) is 19.7 Å². The van der Waals surface area contributed by atoms with Gasteiger partial charge in [-0.25, -0.2) is 14.0 Å². The number of hydrogen-bond acceptors (Lipinski definition) is 6. The number of carbonyl (C=O) groups excluding carboxylic acids is 2. The van der Waals surface area contributed by atoms with Crippen LogP contribution in [-0.4, -0.2) is 36.9 Å². The fourth-order valence-corrected chi connectivity index (χ4v) is 3.87. The molecule has 1 aromatic heterocycles. The Hall–Kier alpha value is -3.94. The third-order valence-corrected chi connectivity index (χ3v) is 5.51. The van der Waals surface area contributed by atoms with Gasteiger partial charge in [0, 0.05) is 17.3 Å². The standard InChI is InChI=1S/C28H31FN2O5/c1-17-15-30-24(18(2)25(17)34-6)16-31(27(33)36-28(3,4)5)21-13-19(12-20(29)14-21)22-10-8-9-11-23(22)26(32)35-7/h8-15H,16H2,1-7H3. The van der Waals surface area contributed by atoms with Crippen molar-refractivity contribution in [3.63, 3.8) is 0 Å². The summed E-state index contributed by atoms with van der Waals surface area (Å²) in [5.41, 5.74) is 2.82. The second-order valence-electron chi connectivity index (χ2n) is 9.35. The van der Waals surface area contributed by atoms with Gasteiger partial charge < -0.3 is 14.2 Å². The van der Waals surface area contributed by atoms with Gasteiger partial charge in [0.05, 0.1) is 37.7 Å². The van der Waals surface area contributed by atoms with Crippen LogP contribution in [0.25, 0.3) is 11.1 Å². The minimum atomic E-state index is -0.781. The molecule has 0 aliphatic heterocycles. The topological polar surface area (TPSA) is 78.0 Å². The number of carbonyl (C=O) groups is 2. The quantitative estimate of drug-likeness (QED) is 0.378. The average molecular weight is 495 g/mol. The molecular weight excluding hydrogens is 463 g/mol. The number of nitrogens with zero attached hydrogens (tertiary/aromatic N) is 2. The zero-order valence-corrected chi connectivity index (χ0v) is 21.6. The van der Waals surface area contributed by atoms with Crippen LogP contribution in [0.5, 0.6) is 5.75 Å². The molecule has 0 saturated heterocycles. The molecule has 0 radical (unpaired) electrons. The van der Waals surface area contributed by atoms with Crippen molar-refractivity contribution in [1.82, 2.24) is 4.98 Å². The van der Waals surface area contributed by atoms with E-state index in [2.05, 4.69) is 4.98 Å². The molecular formula is C28H31FN2O5. The molecule has 0 aliphatic rings. The number of pyridine rings is 1. The Morgan fingerprint density at radius 3 is 2.39 bits per heavy atom. The largest absolute Gasteiger partial charge is 0.496 e. The maximum Gasteiger partial charge on any atom is 0.415 e. The highest BCUT2D eigenvalue weighted by molar-refractivity contribution is 5.98. The van der Waals surface area contributed by atoms with Crippen LogP contribution in [0.1, 0.15) is 48.0 Å². The van der Waals surface area contributed by atoms with Crippen LogP contribution in [0.2, 0.25) is 0 Å². The number of anilines is 1. The Labute approximate surface area is 210 Å². The lowest BCUT2D eigenvalue weighted by Crippen LogP contribution is -2.37. The van der Waals surface area contributed by atoms with Crippen molar-refractivity contribution in [1.29, 1.82) is 0 Å². The molecule has 0 aliphatic carbocycles. The Kier molecular flexibility index (Phi) is 7.97. The van der Waals surface area contributed by atoms with E-state index in [-0.39, 0.29) is 17.8 Å². The minimum absolute atomic E-state index is 0.0128. The van der Waals surface area contributed by atoms with Gasteiger partial charge in [-0.3, -0.25) is 9.88 Å². The van der Waals surface area contributed by atoms with E-state index in [1.54, 1.807) is 64.4 Å². The fourth-order valence-electron chi connectivity index (χ4n) is 3.87. The number of halogens is 1. The highest BCUT2D eigenvalue weighted by Crippen LogP contribution is 2.32. The summed E-state index contributed by atoms with van der Waals surface area (Å²) in [5.74, 6) is -0.468. The number of benzene rings is 2. The van der Waals surface area contributed by atoms with Crippen LogP contribution < -0.4 is 9.64 Å². The maximum atomic E-state index is 14.9. The fraction of sp³-hybridized carbons (Fsp3) is 0.321. The van der Waals surface area contributed by atoms with E-state index in [1.807, 2.05) is 13.8 Å². The van der Waals surface area contributed by atoms with Gasteiger partial charge in [-0.2, -0.15) is 0 Å². The predicted molar refractivity (Wildman–Crippen MR) is 136 cm³/mol. The Morgan fingerprint density at radius 2 is 1.75 bits per heavy atom. The summed E-state index contributed by atoms with van der Waals surface area (Å²) in [4.78, 5) is 31.5. The van der Waals surface area contributed by atoms with Crippen molar-refractivity contribution in [2.75, 3.05) is 19.1 Å². The van der Waals surface area contributed by atoms with Crippen LogP contribution in [0.15, 0.2) is 48.7 Å². The summed E-state index contributed by atoms with van der Waals surface area (Å²) < 4.78 is 31.0. The Bertz CT molecular complexity index is 1280. The number of rotatable bonds is 6. The monoisotopic (exact) mass is 494 g/mol. The summed E-state index contributed by atoms with van der Waals surface area (Å²) in [6.45, 7) is 9.01. The van der Waals surface area contributed by atoms with Crippen molar-refractivity contribution < 1.29 is 28.2 Å².